The van der Waals surface area contributed by atoms with E-state index in [1.165, 1.54) is 4.31 Å². The molecular formula is C12H16F2N2O2S. The van der Waals surface area contributed by atoms with Crippen LogP contribution in [-0.2, 0) is 10.0 Å². The molecule has 4 nitrogen and oxygen atoms in total. The van der Waals surface area contributed by atoms with Crippen molar-refractivity contribution >= 4 is 10.0 Å². The molecule has 19 heavy (non-hydrogen) atoms. The van der Waals surface area contributed by atoms with Crippen molar-refractivity contribution in [1.82, 2.24) is 9.62 Å². The van der Waals surface area contributed by atoms with Crippen molar-refractivity contribution < 1.29 is 17.2 Å². The summed E-state index contributed by atoms with van der Waals surface area (Å²) in [6.45, 7) is 4.33. The summed E-state index contributed by atoms with van der Waals surface area (Å²) in [5, 5.41) is 3.07. The maximum absolute atomic E-state index is 13.7. The van der Waals surface area contributed by atoms with E-state index in [9.17, 15) is 17.2 Å². The van der Waals surface area contributed by atoms with Crippen LogP contribution in [0.5, 0.6) is 0 Å². The number of nitrogens with one attached hydrogen (secondary N) is 1. The zero-order valence-corrected chi connectivity index (χ0v) is 11.5. The highest BCUT2D eigenvalue weighted by Gasteiger charge is 2.38. The molecule has 0 amide bonds. The normalized spacial score (nSPS) is 25.5. The first-order chi connectivity index (χ1) is 8.85. The lowest BCUT2D eigenvalue weighted by Gasteiger charge is -2.38. The van der Waals surface area contributed by atoms with Gasteiger partial charge in [-0.1, -0.05) is 6.07 Å². The van der Waals surface area contributed by atoms with Gasteiger partial charge in [0.15, 0.2) is 4.90 Å². The fourth-order valence-corrected chi connectivity index (χ4v) is 4.36. The van der Waals surface area contributed by atoms with Gasteiger partial charge in [0, 0.05) is 25.2 Å². The highest BCUT2D eigenvalue weighted by molar-refractivity contribution is 7.89. The second-order valence-corrected chi connectivity index (χ2v) is 6.52. The van der Waals surface area contributed by atoms with Crippen LogP contribution in [0.25, 0.3) is 0 Å². The van der Waals surface area contributed by atoms with Crippen molar-refractivity contribution in [2.24, 2.45) is 0 Å². The zero-order chi connectivity index (χ0) is 14.2. The number of benzene rings is 1. The summed E-state index contributed by atoms with van der Waals surface area (Å²) in [5.41, 5.74) is 0. The molecule has 0 bridgehead atoms. The van der Waals surface area contributed by atoms with E-state index in [1.54, 1.807) is 13.8 Å². The fraction of sp³-hybridized carbons (Fsp3) is 0.500. The summed E-state index contributed by atoms with van der Waals surface area (Å²) in [6, 6.07) is 2.34. The Bertz CT molecular complexity index is 547. The Morgan fingerprint density at radius 2 is 1.63 bits per heavy atom. The molecule has 1 fully saturated rings. The van der Waals surface area contributed by atoms with Gasteiger partial charge in [-0.05, 0) is 26.0 Å². The number of piperazine rings is 1. The fourth-order valence-electron chi connectivity index (χ4n) is 2.42. The molecule has 0 radical (unpaired) electrons. The smallest absolute Gasteiger partial charge is 0.249 e. The Hall–Kier alpha value is -1.05. The summed E-state index contributed by atoms with van der Waals surface area (Å²) in [6.07, 6.45) is 0. The number of rotatable bonds is 2. The Morgan fingerprint density at radius 3 is 2.11 bits per heavy atom. The summed E-state index contributed by atoms with van der Waals surface area (Å²) in [4.78, 5) is -0.865. The molecule has 1 N–H and O–H groups in total. The van der Waals surface area contributed by atoms with E-state index >= 15 is 0 Å². The molecule has 1 heterocycles. The second-order valence-electron chi connectivity index (χ2n) is 4.74. The maximum Gasteiger partial charge on any atom is 0.249 e. The second kappa shape index (κ2) is 5.15. The molecule has 1 aromatic rings. The molecule has 1 aromatic carbocycles. The van der Waals surface area contributed by atoms with Crippen LogP contribution in [0.4, 0.5) is 8.78 Å². The van der Waals surface area contributed by atoms with Crippen molar-refractivity contribution in [3.05, 3.63) is 29.8 Å². The minimum Gasteiger partial charge on any atom is -0.314 e. The van der Waals surface area contributed by atoms with Crippen LogP contribution in [0.3, 0.4) is 0 Å². The summed E-state index contributed by atoms with van der Waals surface area (Å²) in [7, 11) is -4.18. The van der Waals surface area contributed by atoms with E-state index in [1.807, 2.05) is 0 Å². The van der Waals surface area contributed by atoms with Crippen molar-refractivity contribution in [1.29, 1.82) is 0 Å². The first-order valence-electron chi connectivity index (χ1n) is 6.04. The molecule has 7 heteroatoms. The molecule has 0 aliphatic carbocycles. The van der Waals surface area contributed by atoms with E-state index in [0.29, 0.717) is 13.1 Å². The van der Waals surface area contributed by atoms with Gasteiger partial charge in [0.25, 0.3) is 0 Å². The van der Waals surface area contributed by atoms with Crippen LogP contribution in [0.1, 0.15) is 13.8 Å². The molecular weight excluding hydrogens is 274 g/mol. The van der Waals surface area contributed by atoms with Crippen LogP contribution < -0.4 is 5.32 Å². The van der Waals surface area contributed by atoms with Crippen LogP contribution in [0, 0.1) is 11.6 Å². The number of hydrogen-bond donors (Lipinski definition) is 1. The molecule has 0 saturated carbocycles. The third-order valence-corrected chi connectivity index (χ3v) is 5.38. The van der Waals surface area contributed by atoms with Crippen molar-refractivity contribution in [3.8, 4) is 0 Å². The number of nitrogens with zero attached hydrogens (tertiary/aromatic N) is 1. The number of hydrogen-bond acceptors (Lipinski definition) is 3. The van der Waals surface area contributed by atoms with E-state index < -0.39 is 26.6 Å². The molecule has 2 unspecified atom stereocenters. The van der Waals surface area contributed by atoms with Gasteiger partial charge in [0.05, 0.1) is 0 Å². The van der Waals surface area contributed by atoms with Crippen molar-refractivity contribution in [2.45, 2.75) is 30.8 Å². The average Bonchev–Trinajstić information content (AvgIpc) is 2.27. The highest BCUT2D eigenvalue weighted by Crippen LogP contribution is 2.26. The maximum atomic E-state index is 13.7. The van der Waals surface area contributed by atoms with Crippen molar-refractivity contribution in [3.63, 3.8) is 0 Å². The zero-order valence-electron chi connectivity index (χ0n) is 10.7. The lowest BCUT2D eigenvalue weighted by molar-refractivity contribution is 0.218. The molecule has 0 spiro atoms. The summed E-state index contributed by atoms with van der Waals surface area (Å²) >= 11 is 0. The van der Waals surface area contributed by atoms with Crippen LogP contribution in [-0.4, -0.2) is 37.9 Å². The third-order valence-electron chi connectivity index (χ3n) is 3.20. The Morgan fingerprint density at radius 1 is 1.16 bits per heavy atom. The monoisotopic (exact) mass is 290 g/mol. The van der Waals surface area contributed by atoms with Crippen molar-refractivity contribution in [2.75, 3.05) is 13.1 Å². The third kappa shape index (κ3) is 2.50. The standard InChI is InChI=1S/C12H16F2N2O2S/c1-8-6-15-7-9(2)16(8)19(17,18)12-10(13)4-3-5-11(12)14/h3-5,8-9,15H,6-7H2,1-2H3. The highest BCUT2D eigenvalue weighted by atomic mass is 32.2. The molecule has 1 saturated heterocycles. The van der Waals surface area contributed by atoms with Gasteiger partial charge in [0.1, 0.15) is 11.6 Å². The summed E-state index contributed by atoms with van der Waals surface area (Å²) < 4.78 is 53.5. The predicted molar refractivity (Wildman–Crippen MR) is 67.2 cm³/mol. The van der Waals surface area contributed by atoms with Crippen LogP contribution in [0.15, 0.2) is 23.1 Å². The quantitative estimate of drug-likeness (QED) is 0.894. The Balaban J connectivity index is 2.53. The van der Waals surface area contributed by atoms with Gasteiger partial charge in [-0.25, -0.2) is 17.2 Å². The van der Waals surface area contributed by atoms with Gasteiger partial charge < -0.3 is 5.32 Å². The van der Waals surface area contributed by atoms with E-state index in [-0.39, 0.29) is 12.1 Å². The molecule has 0 aromatic heterocycles. The van der Waals surface area contributed by atoms with Crippen LogP contribution >= 0.6 is 0 Å². The minimum atomic E-state index is -4.18. The van der Waals surface area contributed by atoms with Gasteiger partial charge >= 0.3 is 0 Å². The Labute approximate surface area is 111 Å². The lowest BCUT2D eigenvalue weighted by atomic mass is 10.2. The van der Waals surface area contributed by atoms with E-state index in [2.05, 4.69) is 5.32 Å². The minimum absolute atomic E-state index is 0.354. The van der Waals surface area contributed by atoms with Gasteiger partial charge in [-0.15, -0.1) is 0 Å². The molecule has 2 rings (SSSR count). The average molecular weight is 290 g/mol. The first kappa shape index (κ1) is 14.4. The number of sulfonamides is 1. The van der Waals surface area contributed by atoms with Gasteiger partial charge in [0.2, 0.25) is 10.0 Å². The van der Waals surface area contributed by atoms with Gasteiger partial charge in [-0.2, -0.15) is 4.31 Å². The topological polar surface area (TPSA) is 49.4 Å². The van der Waals surface area contributed by atoms with Crippen LogP contribution in [0.2, 0.25) is 0 Å². The van der Waals surface area contributed by atoms with E-state index in [4.69, 9.17) is 0 Å². The Kier molecular flexibility index (Phi) is 3.89. The molecule has 2 atom stereocenters. The predicted octanol–water partition coefficient (Wildman–Crippen LogP) is 1.34. The largest absolute Gasteiger partial charge is 0.314 e. The van der Waals surface area contributed by atoms with Gasteiger partial charge in [-0.3, -0.25) is 0 Å². The SMILES string of the molecule is CC1CNCC(C)N1S(=O)(=O)c1c(F)cccc1F. The lowest BCUT2D eigenvalue weighted by Crippen LogP contribution is -2.57. The molecule has 1 aliphatic heterocycles. The first-order valence-corrected chi connectivity index (χ1v) is 7.48. The summed E-state index contributed by atoms with van der Waals surface area (Å²) in [5.74, 6) is -2.11. The molecule has 1 aliphatic rings. The van der Waals surface area contributed by atoms with E-state index in [0.717, 1.165) is 18.2 Å². The molecule has 106 valence electrons. The number of halogens is 2.